The molecule has 2 rings (SSSR count). The summed E-state index contributed by atoms with van der Waals surface area (Å²) >= 11 is 6.03. The van der Waals surface area contributed by atoms with E-state index < -0.39 is 22.0 Å². The molecule has 0 aliphatic rings. The summed E-state index contributed by atoms with van der Waals surface area (Å²) in [6.07, 6.45) is 0. The smallest absolute Gasteiger partial charge is 0.242 e. The Morgan fingerprint density at radius 3 is 2.41 bits per heavy atom. The Bertz CT molecular complexity index is 947. The van der Waals surface area contributed by atoms with Crippen molar-refractivity contribution >= 4 is 33.2 Å². The van der Waals surface area contributed by atoms with Gasteiger partial charge in [0.05, 0.1) is 25.2 Å². The number of carbonyl (C=O) groups is 1. The molecule has 2 aromatic rings. The monoisotopic (exact) mass is 412 g/mol. The highest BCUT2D eigenvalue weighted by Crippen LogP contribution is 2.29. The number of benzene rings is 2. The number of amides is 1. The number of carbonyl (C=O) groups excluding carboxylic acids is 1. The zero-order chi connectivity index (χ0) is 20.2. The van der Waals surface area contributed by atoms with E-state index in [0.717, 1.165) is 0 Å². The molecule has 0 spiro atoms. The number of halogens is 1. The number of rotatable bonds is 7. The van der Waals surface area contributed by atoms with Crippen molar-refractivity contribution in [3.63, 3.8) is 0 Å². The van der Waals surface area contributed by atoms with Crippen molar-refractivity contribution in [1.29, 1.82) is 0 Å². The van der Waals surface area contributed by atoms with Crippen molar-refractivity contribution in [1.82, 2.24) is 4.72 Å². The molecule has 2 N–H and O–H groups in total. The first-order chi connectivity index (χ1) is 12.7. The molecule has 0 aliphatic carbocycles. The Morgan fingerprint density at radius 2 is 1.78 bits per heavy atom. The van der Waals surface area contributed by atoms with E-state index >= 15 is 0 Å². The normalized spacial score (nSPS) is 12.3. The quantitative estimate of drug-likeness (QED) is 0.729. The van der Waals surface area contributed by atoms with Crippen LogP contribution in [-0.4, -0.2) is 34.6 Å². The van der Waals surface area contributed by atoms with Crippen LogP contribution in [0.25, 0.3) is 0 Å². The van der Waals surface area contributed by atoms with Crippen molar-refractivity contribution < 1.29 is 22.7 Å². The molecule has 7 nitrogen and oxygen atoms in total. The first-order valence-corrected chi connectivity index (χ1v) is 9.86. The van der Waals surface area contributed by atoms with Gasteiger partial charge in [-0.2, -0.15) is 4.72 Å². The summed E-state index contributed by atoms with van der Waals surface area (Å²) in [5.41, 5.74) is 1.21. The van der Waals surface area contributed by atoms with Crippen LogP contribution in [-0.2, 0) is 14.8 Å². The standard InChI is InChI=1S/C18H21ClN2O5S/c1-11-14(19)6-5-7-15(11)20-18(22)12(2)21-27(23,24)13-8-9-16(25-3)17(10-13)26-4/h5-10,12,21H,1-4H3,(H,20,22). The van der Waals surface area contributed by atoms with Crippen molar-refractivity contribution in [3.05, 3.63) is 47.0 Å². The first-order valence-electron chi connectivity index (χ1n) is 8.00. The third kappa shape index (κ3) is 4.91. The minimum Gasteiger partial charge on any atom is -0.493 e. The second-order valence-electron chi connectivity index (χ2n) is 5.76. The number of hydrogen-bond acceptors (Lipinski definition) is 5. The lowest BCUT2D eigenvalue weighted by Crippen LogP contribution is -2.41. The van der Waals surface area contributed by atoms with Gasteiger partial charge in [-0.05, 0) is 43.7 Å². The molecule has 27 heavy (non-hydrogen) atoms. The molecule has 0 heterocycles. The molecule has 1 unspecified atom stereocenters. The summed E-state index contributed by atoms with van der Waals surface area (Å²) in [6.45, 7) is 3.21. The Hall–Kier alpha value is -2.29. The predicted octanol–water partition coefficient (Wildman–Crippen LogP) is 2.97. The lowest BCUT2D eigenvalue weighted by molar-refractivity contribution is -0.117. The van der Waals surface area contributed by atoms with Gasteiger partial charge in [-0.3, -0.25) is 4.79 Å². The SMILES string of the molecule is COc1ccc(S(=O)(=O)NC(C)C(=O)Nc2cccc(Cl)c2C)cc1OC. The molecule has 0 bridgehead atoms. The van der Waals surface area contributed by atoms with E-state index in [1.165, 1.54) is 39.3 Å². The Labute approximate surface area is 163 Å². The second kappa shape index (κ2) is 8.60. The molecule has 0 fully saturated rings. The lowest BCUT2D eigenvalue weighted by atomic mass is 10.2. The maximum absolute atomic E-state index is 12.6. The van der Waals surface area contributed by atoms with E-state index in [4.69, 9.17) is 21.1 Å². The van der Waals surface area contributed by atoms with Gasteiger partial charge in [0, 0.05) is 16.8 Å². The largest absolute Gasteiger partial charge is 0.493 e. The van der Waals surface area contributed by atoms with Gasteiger partial charge in [0.15, 0.2) is 11.5 Å². The van der Waals surface area contributed by atoms with Gasteiger partial charge >= 0.3 is 0 Å². The van der Waals surface area contributed by atoms with Gasteiger partial charge in [-0.25, -0.2) is 8.42 Å². The summed E-state index contributed by atoms with van der Waals surface area (Å²) in [5, 5.41) is 3.18. The van der Waals surface area contributed by atoms with Gasteiger partial charge in [0.1, 0.15) is 0 Å². The number of nitrogens with one attached hydrogen (secondary N) is 2. The zero-order valence-corrected chi connectivity index (χ0v) is 16.9. The fourth-order valence-corrected chi connectivity index (χ4v) is 3.71. The van der Waals surface area contributed by atoms with Crippen LogP contribution >= 0.6 is 11.6 Å². The van der Waals surface area contributed by atoms with Gasteiger partial charge in [0.2, 0.25) is 15.9 Å². The molecule has 146 valence electrons. The molecule has 2 aromatic carbocycles. The molecule has 0 radical (unpaired) electrons. The van der Waals surface area contributed by atoms with Gasteiger partial charge < -0.3 is 14.8 Å². The molecule has 0 aliphatic heterocycles. The number of hydrogen-bond donors (Lipinski definition) is 2. The van der Waals surface area contributed by atoms with E-state index in [0.29, 0.717) is 22.0 Å². The number of ether oxygens (including phenoxy) is 2. The maximum atomic E-state index is 12.6. The third-order valence-corrected chi connectivity index (χ3v) is 5.86. The predicted molar refractivity (Wildman–Crippen MR) is 104 cm³/mol. The summed E-state index contributed by atoms with van der Waals surface area (Å²) in [4.78, 5) is 12.3. The van der Waals surface area contributed by atoms with Crippen LogP contribution in [0.3, 0.4) is 0 Å². The molecular weight excluding hydrogens is 392 g/mol. The van der Waals surface area contributed by atoms with Crippen molar-refractivity contribution in [2.24, 2.45) is 0 Å². The molecule has 0 saturated heterocycles. The highest BCUT2D eigenvalue weighted by molar-refractivity contribution is 7.89. The van der Waals surface area contributed by atoms with Crippen LogP contribution in [0, 0.1) is 6.92 Å². The highest BCUT2D eigenvalue weighted by atomic mass is 35.5. The average Bonchev–Trinajstić information content (AvgIpc) is 2.64. The minimum absolute atomic E-state index is 0.0428. The highest BCUT2D eigenvalue weighted by Gasteiger charge is 2.23. The average molecular weight is 413 g/mol. The van der Waals surface area contributed by atoms with Crippen LogP contribution in [0.4, 0.5) is 5.69 Å². The van der Waals surface area contributed by atoms with Crippen LogP contribution in [0.15, 0.2) is 41.3 Å². The van der Waals surface area contributed by atoms with E-state index in [-0.39, 0.29) is 10.6 Å². The third-order valence-electron chi connectivity index (χ3n) is 3.92. The molecule has 9 heteroatoms. The number of methoxy groups -OCH3 is 2. The molecule has 0 aromatic heterocycles. The lowest BCUT2D eigenvalue weighted by Gasteiger charge is -2.16. The van der Waals surface area contributed by atoms with E-state index in [9.17, 15) is 13.2 Å². The van der Waals surface area contributed by atoms with Crippen LogP contribution < -0.4 is 19.5 Å². The minimum atomic E-state index is -3.95. The van der Waals surface area contributed by atoms with Crippen LogP contribution in [0.2, 0.25) is 5.02 Å². The first kappa shape index (κ1) is 21.0. The van der Waals surface area contributed by atoms with Gasteiger partial charge in [-0.1, -0.05) is 17.7 Å². The number of anilines is 1. The second-order valence-corrected chi connectivity index (χ2v) is 7.88. The van der Waals surface area contributed by atoms with E-state index in [2.05, 4.69) is 10.0 Å². The van der Waals surface area contributed by atoms with Crippen molar-refractivity contribution in [3.8, 4) is 11.5 Å². The Kier molecular flexibility index (Phi) is 6.69. The number of sulfonamides is 1. The van der Waals surface area contributed by atoms with E-state index in [1.54, 1.807) is 25.1 Å². The van der Waals surface area contributed by atoms with Crippen LogP contribution in [0.5, 0.6) is 11.5 Å². The zero-order valence-electron chi connectivity index (χ0n) is 15.4. The van der Waals surface area contributed by atoms with Crippen molar-refractivity contribution in [2.45, 2.75) is 24.8 Å². The maximum Gasteiger partial charge on any atom is 0.242 e. The molecule has 0 saturated carbocycles. The van der Waals surface area contributed by atoms with Gasteiger partial charge in [-0.15, -0.1) is 0 Å². The fourth-order valence-electron chi connectivity index (χ4n) is 2.32. The Morgan fingerprint density at radius 1 is 1.11 bits per heavy atom. The van der Waals surface area contributed by atoms with Gasteiger partial charge in [0.25, 0.3) is 0 Å². The summed E-state index contributed by atoms with van der Waals surface area (Å²) in [6, 6.07) is 8.25. The molecule has 1 atom stereocenters. The Balaban J connectivity index is 2.17. The molecular formula is C18H21ClN2O5S. The van der Waals surface area contributed by atoms with Crippen LogP contribution in [0.1, 0.15) is 12.5 Å². The summed E-state index contributed by atoms with van der Waals surface area (Å²) in [5.74, 6) is 0.162. The molecule has 1 amide bonds. The topological polar surface area (TPSA) is 93.7 Å². The fraction of sp³-hybridized carbons (Fsp3) is 0.278. The summed E-state index contributed by atoms with van der Waals surface area (Å²) in [7, 11) is -1.08. The van der Waals surface area contributed by atoms with Crippen molar-refractivity contribution in [2.75, 3.05) is 19.5 Å². The van der Waals surface area contributed by atoms with E-state index in [1.807, 2.05) is 0 Å². The summed E-state index contributed by atoms with van der Waals surface area (Å²) < 4.78 is 37.7.